The van der Waals surface area contributed by atoms with Gasteiger partial charge in [0.05, 0.1) is 24.2 Å². The molecule has 0 saturated carbocycles. The van der Waals surface area contributed by atoms with Crippen LogP contribution in [0.1, 0.15) is 11.4 Å². The quantitative estimate of drug-likeness (QED) is 0.570. The van der Waals surface area contributed by atoms with E-state index >= 15 is 0 Å². The van der Waals surface area contributed by atoms with E-state index < -0.39 is 0 Å². The van der Waals surface area contributed by atoms with Gasteiger partial charge in [-0.05, 0) is 17.7 Å². The summed E-state index contributed by atoms with van der Waals surface area (Å²) in [4.78, 5) is 10.0. The fraction of sp³-hybridized carbons (Fsp3) is 0.188. The van der Waals surface area contributed by atoms with E-state index in [2.05, 4.69) is 21.1 Å². The van der Waals surface area contributed by atoms with Crippen LogP contribution in [0.4, 0.5) is 0 Å². The lowest BCUT2D eigenvalue weighted by molar-refractivity contribution is 0.0218. The van der Waals surface area contributed by atoms with Crippen molar-refractivity contribution in [2.45, 2.75) is 13.2 Å². The summed E-state index contributed by atoms with van der Waals surface area (Å²) in [5, 5.41) is 0. The topological polar surface area (TPSA) is 39.1 Å². The number of para-hydroxylation sites is 2. The van der Waals surface area contributed by atoms with Gasteiger partial charge in [0.2, 0.25) is 0 Å². The molecule has 0 aliphatic heterocycles. The summed E-state index contributed by atoms with van der Waals surface area (Å²) in [6.45, 7) is 1.13. The third-order valence-electron chi connectivity index (χ3n) is 3.29. The van der Waals surface area contributed by atoms with Gasteiger partial charge in [-0.15, -0.1) is 0 Å². The molecule has 20 heavy (non-hydrogen) atoms. The van der Waals surface area contributed by atoms with E-state index in [9.17, 15) is 0 Å². The number of aryl methyl sites for hydroxylation is 1. The van der Waals surface area contributed by atoms with Crippen molar-refractivity contribution in [1.82, 2.24) is 15.0 Å². The monoisotopic (exact) mass is 267 g/mol. The molecule has 1 N–H and O–H groups in total. The highest BCUT2D eigenvalue weighted by Gasteiger charge is 2.06. The minimum atomic E-state index is 0.546. The number of imidazole rings is 1. The van der Waals surface area contributed by atoms with E-state index in [4.69, 9.17) is 4.84 Å². The highest BCUT2D eigenvalue weighted by molar-refractivity contribution is 5.75. The molecular formula is C16H17N3O. The second kappa shape index (κ2) is 5.86. The molecule has 2 aromatic carbocycles. The number of nitrogens with one attached hydrogen (secondary N) is 1. The average molecular weight is 267 g/mol. The Hall–Kier alpha value is -2.17. The fourth-order valence-electron chi connectivity index (χ4n) is 2.18. The maximum atomic E-state index is 5.47. The highest BCUT2D eigenvalue weighted by atomic mass is 16.6. The normalized spacial score (nSPS) is 11.1. The molecule has 0 saturated heterocycles. The van der Waals surface area contributed by atoms with Gasteiger partial charge in [0.25, 0.3) is 0 Å². The minimum Gasteiger partial charge on any atom is -0.330 e. The molecule has 3 rings (SSSR count). The Kier molecular flexibility index (Phi) is 3.76. The lowest BCUT2D eigenvalue weighted by Gasteiger charge is -2.06. The number of hydrogen-bond donors (Lipinski definition) is 1. The molecular weight excluding hydrogens is 250 g/mol. The maximum Gasteiger partial charge on any atom is 0.126 e. The van der Waals surface area contributed by atoms with E-state index in [0.29, 0.717) is 13.2 Å². The van der Waals surface area contributed by atoms with Crippen molar-refractivity contribution in [2.24, 2.45) is 7.05 Å². The van der Waals surface area contributed by atoms with E-state index in [-0.39, 0.29) is 0 Å². The van der Waals surface area contributed by atoms with Crippen LogP contribution in [0.15, 0.2) is 54.6 Å². The van der Waals surface area contributed by atoms with Crippen LogP contribution in [-0.2, 0) is 25.0 Å². The van der Waals surface area contributed by atoms with E-state index in [1.165, 1.54) is 0 Å². The van der Waals surface area contributed by atoms with Crippen molar-refractivity contribution in [1.29, 1.82) is 0 Å². The van der Waals surface area contributed by atoms with Gasteiger partial charge in [-0.25, -0.2) is 4.98 Å². The average Bonchev–Trinajstić information content (AvgIpc) is 2.82. The second-order valence-corrected chi connectivity index (χ2v) is 4.67. The lowest BCUT2D eigenvalue weighted by atomic mass is 10.2. The van der Waals surface area contributed by atoms with Crippen LogP contribution in [0.5, 0.6) is 0 Å². The van der Waals surface area contributed by atoms with Crippen molar-refractivity contribution < 1.29 is 4.84 Å². The van der Waals surface area contributed by atoms with Gasteiger partial charge in [-0.1, -0.05) is 42.5 Å². The molecule has 0 aliphatic carbocycles. The van der Waals surface area contributed by atoms with Crippen LogP contribution >= 0.6 is 0 Å². The van der Waals surface area contributed by atoms with E-state index in [0.717, 1.165) is 22.4 Å². The molecule has 0 spiro atoms. The van der Waals surface area contributed by atoms with Crippen molar-refractivity contribution in [3.8, 4) is 0 Å². The van der Waals surface area contributed by atoms with Gasteiger partial charge in [-0.2, -0.15) is 5.48 Å². The third-order valence-corrected chi connectivity index (χ3v) is 3.29. The molecule has 0 unspecified atom stereocenters. The molecule has 0 aliphatic rings. The lowest BCUT2D eigenvalue weighted by Crippen LogP contribution is -2.16. The van der Waals surface area contributed by atoms with Crippen LogP contribution in [-0.4, -0.2) is 9.55 Å². The zero-order chi connectivity index (χ0) is 13.8. The van der Waals surface area contributed by atoms with Crippen molar-refractivity contribution in [3.05, 3.63) is 66.0 Å². The second-order valence-electron chi connectivity index (χ2n) is 4.67. The number of benzene rings is 2. The Balaban J connectivity index is 1.59. The maximum absolute atomic E-state index is 5.47. The van der Waals surface area contributed by atoms with Gasteiger partial charge in [0, 0.05) is 7.05 Å². The van der Waals surface area contributed by atoms with Gasteiger partial charge < -0.3 is 4.57 Å². The van der Waals surface area contributed by atoms with E-state index in [1.54, 1.807) is 0 Å². The number of rotatable bonds is 5. The standard InChI is InChI=1S/C16H17N3O/c1-19-15-10-6-5-9-14(15)18-16(19)11-17-20-12-13-7-3-2-4-8-13/h2-10,17H,11-12H2,1H3. The van der Waals surface area contributed by atoms with Crippen LogP contribution in [0, 0.1) is 0 Å². The Morgan fingerprint density at radius 3 is 2.60 bits per heavy atom. The third kappa shape index (κ3) is 2.71. The van der Waals surface area contributed by atoms with Crippen LogP contribution in [0.2, 0.25) is 0 Å². The molecule has 1 aromatic heterocycles. The molecule has 4 nitrogen and oxygen atoms in total. The SMILES string of the molecule is Cn1c(CNOCc2ccccc2)nc2ccccc21. The molecule has 0 fully saturated rings. The van der Waals surface area contributed by atoms with Gasteiger partial charge in [0.1, 0.15) is 5.82 Å². The van der Waals surface area contributed by atoms with E-state index in [1.807, 2.05) is 55.6 Å². The summed E-state index contributed by atoms with van der Waals surface area (Å²) in [7, 11) is 2.02. The zero-order valence-electron chi connectivity index (χ0n) is 11.4. The molecule has 1 heterocycles. The molecule has 0 radical (unpaired) electrons. The Labute approximate surface area is 118 Å². The molecule has 0 bridgehead atoms. The van der Waals surface area contributed by atoms with Crippen LogP contribution < -0.4 is 5.48 Å². The highest BCUT2D eigenvalue weighted by Crippen LogP contribution is 2.13. The summed E-state index contributed by atoms with van der Waals surface area (Å²) >= 11 is 0. The molecule has 0 amide bonds. The van der Waals surface area contributed by atoms with Crippen molar-refractivity contribution in [3.63, 3.8) is 0 Å². The first-order valence-electron chi connectivity index (χ1n) is 6.63. The number of aromatic nitrogens is 2. The summed E-state index contributed by atoms with van der Waals surface area (Å²) in [5.74, 6) is 0.958. The molecule has 0 atom stereocenters. The van der Waals surface area contributed by atoms with Gasteiger partial charge in [-0.3, -0.25) is 4.84 Å². The summed E-state index contributed by atoms with van der Waals surface area (Å²) in [5.41, 5.74) is 6.25. The first kappa shape index (κ1) is 12.8. The predicted octanol–water partition coefficient (Wildman–Crippen LogP) is 2.79. The van der Waals surface area contributed by atoms with Crippen molar-refractivity contribution >= 4 is 11.0 Å². The summed E-state index contributed by atoms with van der Waals surface area (Å²) in [6.07, 6.45) is 0. The fourth-order valence-corrected chi connectivity index (χ4v) is 2.18. The van der Waals surface area contributed by atoms with Gasteiger partial charge >= 0.3 is 0 Å². The number of hydroxylamine groups is 1. The molecule has 3 aromatic rings. The number of fused-ring (bicyclic) bond motifs is 1. The van der Waals surface area contributed by atoms with Gasteiger partial charge in [0.15, 0.2) is 0 Å². The van der Waals surface area contributed by atoms with Crippen LogP contribution in [0.3, 0.4) is 0 Å². The predicted molar refractivity (Wildman–Crippen MR) is 78.8 cm³/mol. The zero-order valence-corrected chi connectivity index (χ0v) is 11.4. The summed E-state index contributed by atoms with van der Waals surface area (Å²) in [6, 6.07) is 18.2. The molecule has 4 heteroatoms. The summed E-state index contributed by atoms with van der Waals surface area (Å²) < 4.78 is 2.08. The van der Waals surface area contributed by atoms with Crippen LogP contribution in [0.25, 0.3) is 11.0 Å². The first-order chi connectivity index (χ1) is 9.84. The van der Waals surface area contributed by atoms with Crippen molar-refractivity contribution in [2.75, 3.05) is 0 Å². The smallest absolute Gasteiger partial charge is 0.126 e. The Bertz CT molecular complexity index is 691. The molecule has 102 valence electrons. The Morgan fingerprint density at radius 2 is 1.80 bits per heavy atom. The Morgan fingerprint density at radius 1 is 1.05 bits per heavy atom. The minimum absolute atomic E-state index is 0.546. The largest absolute Gasteiger partial charge is 0.330 e. The number of hydrogen-bond acceptors (Lipinski definition) is 3. The first-order valence-corrected chi connectivity index (χ1v) is 6.63. The number of nitrogens with zero attached hydrogens (tertiary/aromatic N) is 2.